The van der Waals surface area contributed by atoms with Gasteiger partial charge in [-0.25, -0.2) is 4.90 Å². The normalized spacial score (nSPS) is 15.1. The Hall–Kier alpha value is -4.66. The van der Waals surface area contributed by atoms with Crippen molar-refractivity contribution in [2.45, 2.75) is 16.6 Å². The van der Waals surface area contributed by atoms with Crippen LogP contribution in [0, 0.1) is 0 Å². The van der Waals surface area contributed by atoms with E-state index >= 15 is 0 Å². The monoisotopic (exact) mass is 581 g/mol. The lowest BCUT2D eigenvalue weighted by Crippen LogP contribution is -2.31. The van der Waals surface area contributed by atoms with Crippen LogP contribution in [-0.2, 0) is 14.4 Å². The first-order valence-electron chi connectivity index (χ1n) is 12.7. The Morgan fingerprint density at radius 2 is 1.54 bits per heavy atom. The molecule has 0 bridgehead atoms. The van der Waals surface area contributed by atoms with Crippen molar-refractivity contribution < 1.29 is 19.2 Å². The lowest BCUT2D eigenvalue weighted by Gasteiger charge is -2.15. The van der Waals surface area contributed by atoms with Crippen molar-refractivity contribution in [3.8, 4) is 0 Å². The summed E-state index contributed by atoms with van der Waals surface area (Å²) in [6.07, 6.45) is 1.66. The van der Waals surface area contributed by atoms with Gasteiger partial charge in [-0.2, -0.15) is 0 Å². The number of imide groups is 1. The second-order valence-electron chi connectivity index (χ2n) is 9.13. The third kappa shape index (κ3) is 6.92. The topological polar surface area (TPSA) is 95.6 Å². The Kier molecular flexibility index (Phi) is 8.62. The molecule has 0 saturated carbocycles. The van der Waals surface area contributed by atoms with Gasteiger partial charge in [0.25, 0.3) is 11.8 Å². The van der Waals surface area contributed by atoms with Gasteiger partial charge in [0.1, 0.15) is 5.70 Å². The van der Waals surface area contributed by atoms with E-state index in [4.69, 9.17) is 11.6 Å². The largest absolute Gasteiger partial charge is 0.321 e. The number of hydrogen-bond donors (Lipinski definition) is 2. The molecule has 2 N–H and O–H groups in total. The molecule has 1 heterocycles. The highest BCUT2D eigenvalue weighted by Gasteiger charge is 2.40. The minimum absolute atomic E-state index is 0.0376. The average molecular weight is 582 g/mol. The van der Waals surface area contributed by atoms with Gasteiger partial charge in [0, 0.05) is 27.6 Å². The van der Waals surface area contributed by atoms with Crippen LogP contribution in [-0.4, -0.2) is 28.9 Å². The molecule has 4 aromatic carbocycles. The summed E-state index contributed by atoms with van der Waals surface area (Å²) < 4.78 is 0. The zero-order valence-electron chi connectivity index (χ0n) is 21.6. The van der Waals surface area contributed by atoms with E-state index in [-0.39, 0.29) is 23.9 Å². The maximum absolute atomic E-state index is 13.3. The van der Waals surface area contributed by atoms with Crippen molar-refractivity contribution in [1.82, 2.24) is 5.32 Å². The van der Waals surface area contributed by atoms with Gasteiger partial charge in [-0.3, -0.25) is 19.2 Å². The van der Waals surface area contributed by atoms with Crippen LogP contribution in [0.2, 0.25) is 5.02 Å². The summed E-state index contributed by atoms with van der Waals surface area (Å²) in [7, 11) is 0. The summed E-state index contributed by atoms with van der Waals surface area (Å²) >= 11 is 7.41. The lowest BCUT2D eigenvalue weighted by atomic mass is 10.1. The molecule has 0 aromatic heterocycles. The van der Waals surface area contributed by atoms with Crippen molar-refractivity contribution in [2.75, 3.05) is 10.2 Å². The van der Waals surface area contributed by atoms with Gasteiger partial charge in [0.05, 0.1) is 10.9 Å². The fraction of sp³-hybridized carbons (Fsp3) is 0.0625. The highest BCUT2D eigenvalue weighted by atomic mass is 35.5. The summed E-state index contributed by atoms with van der Waals surface area (Å²) in [5.74, 6) is -1.45. The van der Waals surface area contributed by atoms with E-state index < -0.39 is 17.1 Å². The highest BCUT2D eigenvalue weighted by molar-refractivity contribution is 8.00. The fourth-order valence-corrected chi connectivity index (χ4v) is 5.48. The van der Waals surface area contributed by atoms with Crippen molar-refractivity contribution >= 4 is 64.4 Å². The number of nitrogens with zero attached hydrogens (tertiary/aromatic N) is 1. The van der Waals surface area contributed by atoms with Gasteiger partial charge >= 0.3 is 0 Å². The second kappa shape index (κ2) is 12.7. The Morgan fingerprint density at radius 3 is 2.22 bits per heavy atom. The minimum atomic E-state index is -0.538. The maximum Gasteiger partial charge on any atom is 0.272 e. The zero-order valence-corrected chi connectivity index (χ0v) is 23.2. The molecule has 1 aliphatic rings. The van der Waals surface area contributed by atoms with E-state index in [9.17, 15) is 19.2 Å². The van der Waals surface area contributed by atoms with Crippen molar-refractivity contribution in [2.24, 2.45) is 0 Å². The molecule has 4 amide bonds. The number of benzene rings is 4. The molecular formula is C32H24ClN3O4S. The molecular weight excluding hydrogens is 558 g/mol. The molecule has 5 rings (SSSR count). The number of rotatable bonds is 8. The SMILES string of the molecule is O=C(Nc1ccc(SC2CC(=O)N(c3ccccc3)C2=O)cc1)/C(=C/c1cccc(Cl)c1)NC(=O)c1ccccc1. The quantitative estimate of drug-likeness (QED) is 0.191. The van der Waals surface area contributed by atoms with Gasteiger partial charge in [0.2, 0.25) is 11.8 Å². The van der Waals surface area contributed by atoms with E-state index in [1.54, 1.807) is 109 Å². The van der Waals surface area contributed by atoms with E-state index in [0.717, 1.165) is 4.90 Å². The lowest BCUT2D eigenvalue weighted by molar-refractivity contribution is -0.121. The van der Waals surface area contributed by atoms with Gasteiger partial charge in [-0.05, 0) is 72.3 Å². The van der Waals surface area contributed by atoms with Gasteiger partial charge in [0.15, 0.2) is 0 Å². The van der Waals surface area contributed by atoms with Crippen LogP contribution in [0.1, 0.15) is 22.3 Å². The number of thioether (sulfide) groups is 1. The van der Waals surface area contributed by atoms with Crippen LogP contribution in [0.25, 0.3) is 6.08 Å². The van der Waals surface area contributed by atoms with Crippen LogP contribution in [0.3, 0.4) is 0 Å². The first-order chi connectivity index (χ1) is 19.9. The second-order valence-corrected chi connectivity index (χ2v) is 10.8. The number of halogens is 1. The number of carbonyl (C=O) groups is 4. The summed E-state index contributed by atoms with van der Waals surface area (Å²) in [6.45, 7) is 0. The molecule has 1 saturated heterocycles. The maximum atomic E-state index is 13.3. The molecule has 0 radical (unpaired) electrons. The molecule has 0 spiro atoms. The Bertz CT molecular complexity index is 1630. The molecule has 1 atom stereocenters. The Balaban J connectivity index is 1.28. The van der Waals surface area contributed by atoms with Crippen LogP contribution >= 0.6 is 23.4 Å². The molecule has 9 heteroatoms. The molecule has 7 nitrogen and oxygen atoms in total. The molecule has 4 aromatic rings. The van der Waals surface area contributed by atoms with Crippen molar-refractivity contribution in [3.63, 3.8) is 0 Å². The van der Waals surface area contributed by atoms with Gasteiger partial charge < -0.3 is 10.6 Å². The Labute approximate surface area is 246 Å². The summed E-state index contributed by atoms with van der Waals surface area (Å²) in [6, 6.07) is 31.3. The van der Waals surface area contributed by atoms with E-state index in [1.807, 2.05) is 6.07 Å². The average Bonchev–Trinajstić information content (AvgIpc) is 3.26. The van der Waals surface area contributed by atoms with Crippen LogP contribution in [0.4, 0.5) is 11.4 Å². The summed E-state index contributed by atoms with van der Waals surface area (Å²) in [4.78, 5) is 53.6. The Morgan fingerprint density at radius 1 is 0.854 bits per heavy atom. The standard InChI is InChI=1S/C32H24ClN3O4S/c33-23-11-7-8-21(18-23)19-27(35-30(38)22-9-3-1-4-10-22)31(39)34-24-14-16-26(17-15-24)41-28-20-29(37)36(32(28)40)25-12-5-2-6-13-25/h1-19,28H,20H2,(H,34,39)(H,35,38)/b27-19-. The number of nitrogens with one attached hydrogen (secondary N) is 2. The molecule has 1 aliphatic heterocycles. The van der Waals surface area contributed by atoms with Crippen LogP contribution < -0.4 is 15.5 Å². The third-order valence-corrected chi connectivity index (χ3v) is 7.63. The minimum Gasteiger partial charge on any atom is -0.321 e. The summed E-state index contributed by atoms with van der Waals surface area (Å²) in [5, 5.41) is 5.46. The van der Waals surface area contributed by atoms with Crippen LogP contribution in [0.5, 0.6) is 0 Å². The molecule has 204 valence electrons. The number of hydrogen-bond acceptors (Lipinski definition) is 5. The molecule has 1 fully saturated rings. The number of carbonyl (C=O) groups excluding carboxylic acids is 4. The van der Waals surface area contributed by atoms with Crippen LogP contribution in [0.15, 0.2) is 120 Å². The van der Waals surface area contributed by atoms with E-state index in [0.29, 0.717) is 27.5 Å². The third-order valence-electron chi connectivity index (χ3n) is 6.20. The van der Waals surface area contributed by atoms with E-state index in [1.165, 1.54) is 16.7 Å². The van der Waals surface area contributed by atoms with Gasteiger partial charge in [-0.1, -0.05) is 60.1 Å². The smallest absolute Gasteiger partial charge is 0.272 e. The first-order valence-corrected chi connectivity index (χ1v) is 14.0. The predicted molar refractivity (Wildman–Crippen MR) is 162 cm³/mol. The van der Waals surface area contributed by atoms with Crippen molar-refractivity contribution in [3.05, 3.63) is 131 Å². The van der Waals surface area contributed by atoms with E-state index in [2.05, 4.69) is 10.6 Å². The fourth-order valence-electron chi connectivity index (χ4n) is 4.23. The molecule has 1 unspecified atom stereocenters. The first kappa shape index (κ1) is 27.9. The number of amides is 4. The summed E-state index contributed by atoms with van der Waals surface area (Å²) in [5.41, 5.74) is 2.14. The number of para-hydroxylation sites is 1. The predicted octanol–water partition coefficient (Wildman–Crippen LogP) is 6.17. The molecule has 41 heavy (non-hydrogen) atoms. The number of anilines is 2. The zero-order chi connectivity index (χ0) is 28.8. The molecule has 0 aliphatic carbocycles. The van der Waals surface area contributed by atoms with Gasteiger partial charge in [-0.15, -0.1) is 11.8 Å². The highest BCUT2D eigenvalue weighted by Crippen LogP contribution is 2.34. The van der Waals surface area contributed by atoms with Crippen molar-refractivity contribution in [1.29, 1.82) is 0 Å².